The number of benzene rings is 1. The van der Waals surface area contributed by atoms with Gasteiger partial charge in [-0.1, -0.05) is 12.1 Å². The number of furan rings is 1. The number of amides is 2. The van der Waals surface area contributed by atoms with Crippen molar-refractivity contribution in [3.63, 3.8) is 0 Å². The number of carbonyl (C=O) groups excluding carboxylic acids is 2. The van der Waals surface area contributed by atoms with E-state index < -0.39 is 11.7 Å². The van der Waals surface area contributed by atoms with Crippen LogP contribution in [0.25, 0.3) is 0 Å². The van der Waals surface area contributed by atoms with Crippen molar-refractivity contribution in [2.45, 2.75) is 0 Å². The average molecular weight is 394 g/mol. The maximum atomic E-state index is 13.7. The highest BCUT2D eigenvalue weighted by atomic mass is 19.1. The van der Waals surface area contributed by atoms with Gasteiger partial charge in [0, 0.05) is 26.2 Å². The zero-order valence-electron chi connectivity index (χ0n) is 15.5. The Morgan fingerprint density at radius 3 is 2.45 bits per heavy atom. The zero-order valence-corrected chi connectivity index (χ0v) is 15.5. The number of para-hydroxylation sites is 1. The van der Waals surface area contributed by atoms with Crippen LogP contribution in [-0.2, 0) is 0 Å². The smallest absolute Gasteiger partial charge is 0.289 e. The molecule has 148 valence electrons. The Kier molecular flexibility index (Phi) is 5.24. The van der Waals surface area contributed by atoms with Crippen molar-refractivity contribution in [3.05, 3.63) is 78.3 Å². The Hall–Kier alpha value is -3.68. The Balaban J connectivity index is 1.35. The minimum absolute atomic E-state index is 0.112. The van der Waals surface area contributed by atoms with Gasteiger partial charge >= 0.3 is 0 Å². The summed E-state index contributed by atoms with van der Waals surface area (Å²) in [7, 11) is 0. The summed E-state index contributed by atoms with van der Waals surface area (Å²) in [5.41, 5.74) is 1.17. The lowest BCUT2D eigenvalue weighted by Gasteiger charge is -2.35. The van der Waals surface area contributed by atoms with Gasteiger partial charge in [0.05, 0.1) is 23.8 Å². The van der Waals surface area contributed by atoms with E-state index in [4.69, 9.17) is 4.42 Å². The van der Waals surface area contributed by atoms with Gasteiger partial charge in [0.1, 0.15) is 11.5 Å². The van der Waals surface area contributed by atoms with Crippen molar-refractivity contribution in [3.8, 4) is 0 Å². The number of aromatic nitrogens is 1. The monoisotopic (exact) mass is 394 g/mol. The average Bonchev–Trinajstić information content (AvgIpc) is 3.30. The van der Waals surface area contributed by atoms with E-state index in [1.54, 1.807) is 47.5 Å². The van der Waals surface area contributed by atoms with Crippen LogP contribution < -0.4 is 10.2 Å². The highest BCUT2D eigenvalue weighted by molar-refractivity contribution is 6.03. The molecule has 29 heavy (non-hydrogen) atoms. The minimum Gasteiger partial charge on any atom is -0.459 e. The van der Waals surface area contributed by atoms with Gasteiger partial charge < -0.3 is 19.5 Å². The van der Waals surface area contributed by atoms with Gasteiger partial charge in [-0.05, 0) is 36.4 Å². The van der Waals surface area contributed by atoms with Gasteiger partial charge in [-0.2, -0.15) is 0 Å². The molecule has 1 aromatic carbocycles. The number of anilines is 2. The molecule has 0 bridgehead atoms. The third-order valence-corrected chi connectivity index (χ3v) is 4.77. The van der Waals surface area contributed by atoms with Crippen molar-refractivity contribution in [1.29, 1.82) is 0 Å². The SMILES string of the molecule is O=C(Nc1ccccc1F)c1ccc(N2CCN(C(=O)c3ccco3)CC2)cn1. The molecule has 3 heterocycles. The molecule has 1 fully saturated rings. The third-order valence-electron chi connectivity index (χ3n) is 4.77. The Labute approximate surface area is 166 Å². The van der Waals surface area contributed by atoms with E-state index in [1.165, 1.54) is 18.4 Å². The van der Waals surface area contributed by atoms with Crippen molar-refractivity contribution in [2.24, 2.45) is 0 Å². The summed E-state index contributed by atoms with van der Waals surface area (Å²) in [6.45, 7) is 2.42. The molecule has 3 aromatic rings. The van der Waals surface area contributed by atoms with Crippen molar-refractivity contribution < 1.29 is 18.4 Å². The van der Waals surface area contributed by atoms with E-state index in [9.17, 15) is 14.0 Å². The summed E-state index contributed by atoms with van der Waals surface area (Å²) >= 11 is 0. The number of carbonyl (C=O) groups is 2. The molecule has 0 saturated carbocycles. The Bertz CT molecular complexity index is 997. The van der Waals surface area contributed by atoms with Gasteiger partial charge in [-0.3, -0.25) is 9.59 Å². The van der Waals surface area contributed by atoms with Gasteiger partial charge in [0.25, 0.3) is 11.8 Å². The number of halogens is 1. The van der Waals surface area contributed by atoms with Crippen molar-refractivity contribution in [1.82, 2.24) is 9.88 Å². The summed E-state index contributed by atoms with van der Waals surface area (Å²) in [6.07, 6.45) is 3.10. The van der Waals surface area contributed by atoms with E-state index in [0.29, 0.717) is 31.9 Å². The molecule has 1 aliphatic rings. The molecule has 7 nitrogen and oxygen atoms in total. The number of pyridine rings is 1. The first-order valence-electron chi connectivity index (χ1n) is 9.21. The largest absolute Gasteiger partial charge is 0.459 e. The molecule has 4 rings (SSSR count). The predicted octanol–water partition coefficient (Wildman–Crippen LogP) is 3.03. The lowest BCUT2D eigenvalue weighted by molar-refractivity contribution is 0.0714. The molecule has 8 heteroatoms. The molecule has 0 unspecified atom stereocenters. The Morgan fingerprint density at radius 2 is 1.79 bits per heavy atom. The molecular weight excluding hydrogens is 375 g/mol. The minimum atomic E-state index is -0.501. The first kappa shape index (κ1) is 18.7. The second-order valence-corrected chi connectivity index (χ2v) is 6.59. The van der Waals surface area contributed by atoms with Crippen LogP contribution in [0, 0.1) is 5.82 Å². The first-order chi connectivity index (χ1) is 14.1. The Morgan fingerprint density at radius 1 is 1.00 bits per heavy atom. The fourth-order valence-electron chi connectivity index (χ4n) is 3.18. The standard InChI is InChI=1S/C21H19FN4O3/c22-16-4-1-2-5-17(16)24-20(27)18-8-7-15(14-23-18)25-9-11-26(12-10-25)21(28)19-6-3-13-29-19/h1-8,13-14H,9-12H2,(H,24,27). The normalized spacial score (nSPS) is 14.0. The number of rotatable bonds is 4. The third kappa shape index (κ3) is 4.11. The molecular formula is C21H19FN4O3. The van der Waals surface area contributed by atoms with E-state index in [0.717, 1.165) is 5.69 Å². The zero-order chi connectivity index (χ0) is 20.2. The molecule has 2 amide bonds. The van der Waals surface area contributed by atoms with Crippen LogP contribution in [0.2, 0.25) is 0 Å². The van der Waals surface area contributed by atoms with Gasteiger partial charge in [0.2, 0.25) is 0 Å². The van der Waals surface area contributed by atoms with Gasteiger partial charge in [-0.15, -0.1) is 0 Å². The maximum absolute atomic E-state index is 13.7. The first-order valence-corrected chi connectivity index (χ1v) is 9.21. The van der Waals surface area contributed by atoms with Crippen LogP contribution in [-0.4, -0.2) is 47.9 Å². The topological polar surface area (TPSA) is 78.7 Å². The predicted molar refractivity (Wildman–Crippen MR) is 105 cm³/mol. The van der Waals surface area contributed by atoms with Crippen LogP contribution in [0.1, 0.15) is 21.0 Å². The van der Waals surface area contributed by atoms with Crippen LogP contribution in [0.4, 0.5) is 15.8 Å². The van der Waals surface area contributed by atoms with Crippen molar-refractivity contribution >= 4 is 23.2 Å². The second kappa shape index (κ2) is 8.14. The summed E-state index contributed by atoms with van der Waals surface area (Å²) in [4.78, 5) is 32.7. The highest BCUT2D eigenvalue weighted by Gasteiger charge is 2.24. The lowest BCUT2D eigenvalue weighted by atomic mass is 10.2. The number of hydrogen-bond acceptors (Lipinski definition) is 5. The van der Waals surface area contributed by atoms with E-state index in [-0.39, 0.29) is 17.3 Å². The number of hydrogen-bond donors (Lipinski definition) is 1. The van der Waals surface area contributed by atoms with Crippen LogP contribution in [0.15, 0.2) is 65.4 Å². The van der Waals surface area contributed by atoms with E-state index in [1.807, 2.05) is 0 Å². The lowest BCUT2D eigenvalue weighted by Crippen LogP contribution is -2.48. The van der Waals surface area contributed by atoms with Gasteiger partial charge in [0.15, 0.2) is 5.76 Å². The molecule has 0 spiro atoms. The van der Waals surface area contributed by atoms with Crippen LogP contribution in [0.5, 0.6) is 0 Å². The molecule has 1 aliphatic heterocycles. The molecule has 2 aromatic heterocycles. The summed E-state index contributed by atoms with van der Waals surface area (Å²) in [6, 6.07) is 12.7. The van der Waals surface area contributed by atoms with E-state index in [2.05, 4.69) is 15.2 Å². The molecule has 1 N–H and O–H groups in total. The van der Waals surface area contributed by atoms with Crippen molar-refractivity contribution in [2.75, 3.05) is 36.4 Å². The van der Waals surface area contributed by atoms with E-state index >= 15 is 0 Å². The number of piperazine rings is 1. The number of nitrogens with zero attached hydrogens (tertiary/aromatic N) is 3. The van der Waals surface area contributed by atoms with Crippen LogP contribution >= 0.6 is 0 Å². The van der Waals surface area contributed by atoms with Gasteiger partial charge in [-0.25, -0.2) is 9.37 Å². The molecule has 0 atom stereocenters. The summed E-state index contributed by atoms with van der Waals surface area (Å²) in [5.74, 6) is -0.756. The second-order valence-electron chi connectivity index (χ2n) is 6.59. The molecule has 1 saturated heterocycles. The highest BCUT2D eigenvalue weighted by Crippen LogP contribution is 2.18. The number of nitrogens with one attached hydrogen (secondary N) is 1. The molecule has 0 aliphatic carbocycles. The summed E-state index contributed by atoms with van der Waals surface area (Å²) < 4.78 is 18.8. The maximum Gasteiger partial charge on any atom is 0.289 e. The van der Waals surface area contributed by atoms with Crippen LogP contribution in [0.3, 0.4) is 0 Å². The molecule has 0 radical (unpaired) electrons. The quantitative estimate of drug-likeness (QED) is 0.736. The fourth-order valence-corrected chi connectivity index (χ4v) is 3.18. The fraction of sp³-hybridized carbons (Fsp3) is 0.190. The summed E-state index contributed by atoms with van der Waals surface area (Å²) in [5, 5.41) is 2.51.